The quantitative estimate of drug-likeness (QED) is 0.841. The third-order valence-corrected chi connectivity index (χ3v) is 2.28. The lowest BCUT2D eigenvalue weighted by Crippen LogP contribution is -2.39. The number of imidazole rings is 1. The van der Waals surface area contributed by atoms with Crippen LogP contribution in [-0.4, -0.2) is 29.9 Å². The number of rotatable bonds is 5. The summed E-state index contributed by atoms with van der Waals surface area (Å²) >= 11 is 0. The van der Waals surface area contributed by atoms with E-state index in [1.807, 2.05) is 0 Å². The van der Waals surface area contributed by atoms with E-state index in [0.29, 0.717) is 0 Å². The molecule has 20 heavy (non-hydrogen) atoms. The Morgan fingerprint density at radius 1 is 1.55 bits per heavy atom. The van der Waals surface area contributed by atoms with Gasteiger partial charge in [-0.3, -0.25) is 13.9 Å². The lowest BCUT2D eigenvalue weighted by Gasteiger charge is -2.09. The molecule has 0 radical (unpaired) electrons. The van der Waals surface area contributed by atoms with Crippen LogP contribution in [0.3, 0.4) is 0 Å². The minimum absolute atomic E-state index is 0.0243. The van der Waals surface area contributed by atoms with Gasteiger partial charge in [0, 0.05) is 41.1 Å². The molecule has 110 valence electrons. The second-order valence-electron chi connectivity index (χ2n) is 3.50. The summed E-state index contributed by atoms with van der Waals surface area (Å²) in [4.78, 5) is 29.5. The number of hydrogen-bond acceptors (Lipinski definition) is 4. The van der Waals surface area contributed by atoms with Gasteiger partial charge >= 0.3 is 5.69 Å². The van der Waals surface area contributed by atoms with Crippen molar-refractivity contribution in [2.24, 2.45) is 14.0 Å². The third-order valence-electron chi connectivity index (χ3n) is 2.28. The molecule has 1 atom stereocenters. The van der Waals surface area contributed by atoms with Gasteiger partial charge in [0.05, 0.1) is 13.8 Å². The second kappa shape index (κ2) is 5.62. The van der Waals surface area contributed by atoms with E-state index >= 15 is 0 Å². The Balaban J connectivity index is 2.95. The predicted molar refractivity (Wildman–Crippen MR) is 75.7 cm³/mol. The van der Waals surface area contributed by atoms with E-state index in [4.69, 9.17) is 23.3 Å². The summed E-state index contributed by atoms with van der Waals surface area (Å²) in [6, 6.07) is 0. The molecule has 0 bridgehead atoms. The van der Waals surface area contributed by atoms with E-state index in [-0.39, 0.29) is 13.7 Å². The van der Waals surface area contributed by atoms with Gasteiger partial charge in [0.15, 0.2) is 11.2 Å². The number of aryl methyl sites for hydroxylation is 2. The second-order valence-corrected chi connectivity index (χ2v) is 3.50. The van der Waals surface area contributed by atoms with Crippen molar-refractivity contribution in [1.29, 1.82) is 0 Å². The molecular weight excluding hydrogens is 260 g/mol. The van der Waals surface area contributed by atoms with Crippen molar-refractivity contribution in [3.05, 3.63) is 27.1 Å². The van der Waals surface area contributed by atoms with Gasteiger partial charge in [-0.25, -0.2) is 9.78 Å². The molecule has 1 unspecified atom stereocenters. The number of fused-ring (bicyclic) bond motifs is 1. The molecule has 0 spiro atoms. The zero-order valence-corrected chi connectivity index (χ0v) is 9.76. The molecule has 2 heterocycles. The van der Waals surface area contributed by atoms with Gasteiger partial charge < -0.3 is 9.67 Å². The first kappa shape index (κ1) is 4.07. The smallest absolute Gasteiger partial charge is 0.332 e. The molecule has 2 rings (SSSR count). The maximum atomic E-state index is 13.1. The molecule has 7 nitrogen and oxygen atoms in total. The van der Waals surface area contributed by atoms with E-state index in [0.717, 1.165) is 0 Å². The van der Waals surface area contributed by atoms with Crippen LogP contribution in [0.5, 0.6) is 0 Å². The Kier molecular flexibility index (Phi) is 1.14. The van der Waals surface area contributed by atoms with Gasteiger partial charge in [-0.15, -0.1) is 0 Å². The van der Waals surface area contributed by atoms with E-state index < -0.39 is 81.3 Å². The van der Waals surface area contributed by atoms with Gasteiger partial charge in [0.1, 0.15) is 1.37 Å². The lowest BCUT2D eigenvalue weighted by molar-refractivity contribution is 0.180. The fourth-order valence-corrected chi connectivity index (χ4v) is 1.43. The molecule has 0 aliphatic rings. The molecular formula is C13H20N4O3. The van der Waals surface area contributed by atoms with Crippen LogP contribution in [-0.2, 0) is 20.5 Å². The highest BCUT2D eigenvalue weighted by Gasteiger charge is 2.14. The molecule has 0 aliphatic carbocycles. The highest BCUT2D eigenvalue weighted by molar-refractivity contribution is 5.69. The van der Waals surface area contributed by atoms with Crippen molar-refractivity contribution in [3.8, 4) is 0 Å². The summed E-state index contributed by atoms with van der Waals surface area (Å²) in [5, 5.41) is 9.99. The average Bonchev–Trinajstić information content (AvgIpc) is 2.99. The third kappa shape index (κ3) is 2.53. The summed E-state index contributed by atoms with van der Waals surface area (Å²) in [6.45, 7) is -12.6. The van der Waals surface area contributed by atoms with Crippen LogP contribution in [0.4, 0.5) is 0 Å². The van der Waals surface area contributed by atoms with Crippen LogP contribution in [0.15, 0.2) is 15.9 Å². The zero-order valence-electron chi connectivity index (χ0n) is 26.8. The topological polar surface area (TPSA) is 82.1 Å². The van der Waals surface area contributed by atoms with Gasteiger partial charge in [-0.2, -0.15) is 0 Å². The molecule has 2 aromatic rings. The van der Waals surface area contributed by atoms with Gasteiger partial charge in [-0.1, -0.05) is 0 Å². The van der Waals surface area contributed by atoms with Crippen molar-refractivity contribution < 1.29 is 28.4 Å². The number of aliphatic hydroxyl groups is 1. The first-order valence-corrected chi connectivity index (χ1v) is 5.04. The van der Waals surface area contributed by atoms with Crippen LogP contribution >= 0.6 is 0 Å². The summed E-state index contributed by atoms with van der Waals surface area (Å²) in [5.74, 6) is 0. The fourth-order valence-electron chi connectivity index (χ4n) is 1.43. The molecule has 0 fully saturated rings. The van der Waals surface area contributed by atoms with Crippen LogP contribution in [0.25, 0.3) is 11.2 Å². The Bertz CT molecular complexity index is 1320. The van der Waals surface area contributed by atoms with E-state index in [1.54, 1.807) is 0 Å². The van der Waals surface area contributed by atoms with Gasteiger partial charge in [0.2, 0.25) is 0 Å². The van der Waals surface area contributed by atoms with Crippen LogP contribution < -0.4 is 11.2 Å². The average molecular weight is 297 g/mol. The fraction of sp³-hybridized carbons (Fsp3) is 0.615. The Labute approximate surface area is 140 Å². The van der Waals surface area contributed by atoms with E-state index in [2.05, 4.69) is 4.98 Å². The lowest BCUT2D eigenvalue weighted by atomic mass is 10.2. The van der Waals surface area contributed by atoms with Crippen molar-refractivity contribution >= 4 is 11.2 Å². The minimum Gasteiger partial charge on any atom is -0.393 e. The van der Waals surface area contributed by atoms with Crippen molar-refractivity contribution in [2.75, 3.05) is 0 Å². The summed E-state index contributed by atoms with van der Waals surface area (Å²) in [5.41, 5.74) is -5.85. The summed E-state index contributed by atoms with van der Waals surface area (Å²) in [7, 11) is 0. The molecule has 0 aliphatic heterocycles. The van der Waals surface area contributed by atoms with Crippen LogP contribution in [0.2, 0.25) is 0 Å². The van der Waals surface area contributed by atoms with Crippen molar-refractivity contribution in [2.45, 2.75) is 38.6 Å². The first-order chi connectivity index (χ1) is 16.1. The highest BCUT2D eigenvalue weighted by Crippen LogP contribution is 2.04. The minimum atomic E-state index is -4.25. The summed E-state index contributed by atoms with van der Waals surface area (Å²) in [6.07, 6.45) is -17.6. The highest BCUT2D eigenvalue weighted by atomic mass is 16.3. The number of hydrogen-bond donors (Lipinski definition) is 1. The van der Waals surface area contributed by atoms with Gasteiger partial charge in [-0.05, 0) is 26.0 Å². The van der Waals surface area contributed by atoms with Crippen LogP contribution in [0, 0.1) is 0 Å². The Hall–Kier alpha value is -1.89. The monoisotopic (exact) mass is 297 g/mol. The van der Waals surface area contributed by atoms with Crippen molar-refractivity contribution in [3.63, 3.8) is 0 Å². The predicted octanol–water partition coefficient (Wildman–Crippen LogP) is -0.0152. The molecule has 7 heteroatoms. The molecule has 0 saturated heterocycles. The van der Waals surface area contributed by atoms with Crippen molar-refractivity contribution in [1.82, 2.24) is 18.7 Å². The summed E-state index contributed by atoms with van der Waals surface area (Å²) < 4.78 is 129. The normalized spacial score (nSPS) is 31.1. The van der Waals surface area contributed by atoms with E-state index in [1.165, 1.54) is 0 Å². The SMILES string of the molecule is [2H]c1nc2c(c(=O)n(CC([2H])([2H])C([2H])([2H])C([2H])([2H])C([2H])(O)C([2H])([2H])[2H])c(=O)n2C([2H])([2H])[2H])n1C([2H])([2H])[2H]. The Morgan fingerprint density at radius 3 is 3.10 bits per heavy atom. The van der Waals surface area contributed by atoms with E-state index in [9.17, 15) is 14.7 Å². The first-order valence-electron chi connectivity index (χ1n) is 13.5. The zero-order chi connectivity index (χ0) is 29.5. The molecule has 1 N–H and O–H groups in total. The standard InChI is InChI=1S/C13H20N4O3/c1-9(18)6-4-5-7-17-12(19)10-11(14-8-15(10)2)16(3)13(17)20/h8-9,18H,4-7H2,1-3H3/i1D3,2D3,3D3,4D2,5D2,6D2,8D,9D. The maximum absolute atomic E-state index is 13.1. The molecule has 2 aromatic heterocycles. The van der Waals surface area contributed by atoms with Gasteiger partial charge in [0.25, 0.3) is 5.56 Å². The molecule has 0 saturated carbocycles. The molecule has 0 aromatic carbocycles. The Morgan fingerprint density at radius 2 is 2.40 bits per heavy atom. The van der Waals surface area contributed by atoms with Crippen LogP contribution in [0.1, 0.15) is 49.3 Å². The number of aromatic nitrogens is 4. The maximum Gasteiger partial charge on any atom is 0.332 e. The number of nitrogens with zero attached hydrogens (tertiary/aromatic N) is 4. The largest absolute Gasteiger partial charge is 0.393 e. The molecule has 0 amide bonds.